The van der Waals surface area contributed by atoms with Crippen LogP contribution < -0.4 is 29.0 Å². The number of esters is 1. The zero-order valence-corrected chi connectivity index (χ0v) is 19.5. The summed E-state index contributed by atoms with van der Waals surface area (Å²) in [6.07, 6.45) is 2.78. The number of carbonyl (C=O) groups excluding carboxylic acids is 2. The molecule has 3 heterocycles. The third-order valence-electron chi connectivity index (χ3n) is 6.17. The van der Waals surface area contributed by atoms with E-state index in [0.29, 0.717) is 51.5 Å². The molecular weight excluding hydrogens is 454 g/mol. The van der Waals surface area contributed by atoms with Crippen LogP contribution in [-0.2, 0) is 16.1 Å². The molecule has 0 atom stereocenters. The van der Waals surface area contributed by atoms with Crippen LogP contribution in [0.25, 0.3) is 21.9 Å². The highest BCUT2D eigenvalue weighted by atomic mass is 16.7. The number of hydrogen-bond acceptors (Lipinski definition) is 9. The number of carbonyl (C=O) groups is 2. The van der Waals surface area contributed by atoms with Crippen LogP contribution in [0.3, 0.4) is 0 Å². The van der Waals surface area contributed by atoms with E-state index in [1.165, 1.54) is 33.0 Å². The minimum absolute atomic E-state index is 0.0556. The lowest BCUT2D eigenvalue weighted by molar-refractivity contribution is -0.120. The molecule has 0 spiro atoms. The third kappa shape index (κ3) is 4.19. The number of hydrogen-bond donors (Lipinski definition) is 1. The summed E-state index contributed by atoms with van der Waals surface area (Å²) in [5.41, 5.74) is 2.19. The molecule has 1 fully saturated rings. The topological polar surface area (TPSA) is 102 Å². The van der Waals surface area contributed by atoms with Crippen molar-refractivity contribution in [2.45, 2.75) is 19.4 Å². The van der Waals surface area contributed by atoms with Crippen LogP contribution in [0.4, 0.5) is 0 Å². The lowest BCUT2D eigenvalue weighted by Gasteiger charge is -2.16. The van der Waals surface area contributed by atoms with Crippen molar-refractivity contribution < 1.29 is 38.0 Å². The summed E-state index contributed by atoms with van der Waals surface area (Å²) in [7, 11) is 3.09. The fourth-order valence-corrected chi connectivity index (χ4v) is 4.52. The van der Waals surface area contributed by atoms with E-state index in [1.807, 2.05) is 12.1 Å². The van der Waals surface area contributed by atoms with Crippen LogP contribution in [0, 0.1) is 0 Å². The second kappa shape index (κ2) is 9.71. The first-order valence-corrected chi connectivity index (χ1v) is 11.3. The van der Waals surface area contributed by atoms with Gasteiger partial charge in [-0.25, -0.2) is 4.79 Å². The third-order valence-corrected chi connectivity index (χ3v) is 6.17. The molecule has 0 bridgehead atoms. The molecule has 6 rings (SSSR count). The van der Waals surface area contributed by atoms with Gasteiger partial charge in [0.1, 0.15) is 12.4 Å². The normalized spacial score (nSPS) is 15.2. The van der Waals surface area contributed by atoms with E-state index >= 15 is 0 Å². The maximum Gasteiger partial charge on any atom is 0.339 e. The summed E-state index contributed by atoms with van der Waals surface area (Å²) in [4.78, 5) is 23.8. The number of fused-ring (bicyclic) bond motifs is 3. The number of benzene rings is 3. The van der Waals surface area contributed by atoms with Gasteiger partial charge in [-0.05, 0) is 61.0 Å². The van der Waals surface area contributed by atoms with Gasteiger partial charge in [-0.3, -0.25) is 4.79 Å². The van der Waals surface area contributed by atoms with Crippen LogP contribution >= 0.6 is 0 Å². The minimum Gasteiger partial charge on any atom is -0.493 e. The predicted octanol–water partition coefficient (Wildman–Crippen LogP) is 3.83. The van der Waals surface area contributed by atoms with E-state index in [-0.39, 0.29) is 19.1 Å². The monoisotopic (exact) mass is 479 g/mol. The highest BCUT2D eigenvalue weighted by molar-refractivity contribution is 6.12. The Morgan fingerprint density at radius 1 is 0.857 bits per heavy atom. The first kappa shape index (κ1) is 22.8. The molecule has 9 heteroatoms. The van der Waals surface area contributed by atoms with Crippen LogP contribution in [0.1, 0.15) is 28.8 Å². The summed E-state index contributed by atoms with van der Waals surface area (Å²) >= 11 is 0. The maximum atomic E-state index is 12.6. The molecule has 3 aliphatic rings. The molecule has 182 valence electrons. The lowest BCUT2D eigenvalue weighted by atomic mass is 9.89. The number of nitrogens with one attached hydrogen (secondary N) is 1. The van der Waals surface area contributed by atoms with E-state index < -0.39 is 5.97 Å². The molecule has 1 N–H and O–H groups in total. The maximum absolute atomic E-state index is 12.6. The van der Waals surface area contributed by atoms with Gasteiger partial charge in [0.15, 0.2) is 23.0 Å². The molecule has 3 aromatic rings. The molecule has 9 nitrogen and oxygen atoms in total. The Balaban J connectivity index is 0.000000453. The van der Waals surface area contributed by atoms with Gasteiger partial charge in [0, 0.05) is 22.8 Å². The Kier molecular flexibility index (Phi) is 6.33. The van der Waals surface area contributed by atoms with Crippen molar-refractivity contribution in [3.05, 3.63) is 41.5 Å². The summed E-state index contributed by atoms with van der Waals surface area (Å²) in [5, 5.41) is 4.74. The molecule has 35 heavy (non-hydrogen) atoms. The second-order valence-corrected chi connectivity index (χ2v) is 8.16. The van der Waals surface area contributed by atoms with Gasteiger partial charge in [-0.2, -0.15) is 0 Å². The lowest BCUT2D eigenvalue weighted by Crippen LogP contribution is -2.03. The number of rotatable bonds is 5. The van der Waals surface area contributed by atoms with Gasteiger partial charge in [0.05, 0.1) is 19.8 Å². The number of ether oxygens (including phenoxy) is 6. The van der Waals surface area contributed by atoms with Crippen molar-refractivity contribution in [3.63, 3.8) is 0 Å². The van der Waals surface area contributed by atoms with Crippen LogP contribution in [0.15, 0.2) is 30.3 Å². The highest BCUT2D eigenvalue weighted by Gasteiger charge is 2.31. The van der Waals surface area contributed by atoms with Gasteiger partial charge in [0.2, 0.25) is 6.79 Å². The molecule has 0 aromatic heterocycles. The first-order chi connectivity index (χ1) is 17.1. The summed E-state index contributed by atoms with van der Waals surface area (Å²) < 4.78 is 32.3. The van der Waals surface area contributed by atoms with Crippen molar-refractivity contribution in [2.75, 3.05) is 34.1 Å². The van der Waals surface area contributed by atoms with Gasteiger partial charge >= 0.3 is 5.97 Å². The molecule has 1 saturated heterocycles. The average molecular weight is 479 g/mol. The van der Waals surface area contributed by atoms with Crippen molar-refractivity contribution in [1.29, 1.82) is 0 Å². The van der Waals surface area contributed by atoms with Crippen molar-refractivity contribution in [1.82, 2.24) is 5.32 Å². The van der Waals surface area contributed by atoms with E-state index in [9.17, 15) is 9.59 Å². The van der Waals surface area contributed by atoms with E-state index in [4.69, 9.17) is 28.4 Å². The Labute approximate surface area is 201 Å². The van der Waals surface area contributed by atoms with Crippen LogP contribution in [0.2, 0.25) is 0 Å². The van der Waals surface area contributed by atoms with E-state index in [1.54, 1.807) is 25.3 Å². The number of cyclic esters (lactones) is 1. The van der Waals surface area contributed by atoms with Gasteiger partial charge in [-0.15, -0.1) is 0 Å². The summed E-state index contributed by atoms with van der Waals surface area (Å²) in [6.45, 7) is 3.04. The van der Waals surface area contributed by atoms with Crippen molar-refractivity contribution in [2.24, 2.45) is 0 Å². The standard InChI is InChI=1S/C22H16O8.C4H9N/c1-25-16-4-11-3-12-8-27-22(24)20(12)21(13(11)5-17(16)26-2)14-6-18-19(30-10-29-18)7-15(14)28-9-23;1-2-4-5-3-1/h3-7,9H,8,10H2,1-2H3;5H,1-4H2. The Morgan fingerprint density at radius 2 is 1.57 bits per heavy atom. The van der Waals surface area contributed by atoms with E-state index in [0.717, 1.165) is 10.9 Å². The summed E-state index contributed by atoms with van der Waals surface area (Å²) in [6, 6.07) is 8.75. The molecule has 3 aromatic carbocycles. The van der Waals surface area contributed by atoms with Crippen LogP contribution in [-0.4, -0.2) is 46.5 Å². The number of methoxy groups -OCH3 is 2. The molecular formula is C26H25NO8. The quantitative estimate of drug-likeness (QED) is 0.432. The smallest absolute Gasteiger partial charge is 0.339 e. The Bertz CT molecular complexity index is 1290. The minimum atomic E-state index is -0.452. The van der Waals surface area contributed by atoms with E-state index in [2.05, 4.69) is 5.32 Å². The molecule has 0 unspecified atom stereocenters. The predicted molar refractivity (Wildman–Crippen MR) is 127 cm³/mol. The fourth-order valence-electron chi connectivity index (χ4n) is 4.52. The van der Waals surface area contributed by atoms with Crippen LogP contribution in [0.5, 0.6) is 28.7 Å². The summed E-state index contributed by atoms with van der Waals surface area (Å²) in [5.74, 6) is 1.77. The molecule has 0 amide bonds. The molecule has 0 aliphatic carbocycles. The zero-order valence-electron chi connectivity index (χ0n) is 19.5. The largest absolute Gasteiger partial charge is 0.493 e. The zero-order chi connectivity index (χ0) is 24.4. The van der Waals surface area contributed by atoms with Gasteiger partial charge in [0.25, 0.3) is 6.47 Å². The van der Waals surface area contributed by atoms with Crippen molar-refractivity contribution >= 4 is 23.2 Å². The average Bonchev–Trinajstić information content (AvgIpc) is 3.65. The highest BCUT2D eigenvalue weighted by Crippen LogP contribution is 2.48. The fraction of sp³-hybridized carbons (Fsp3) is 0.308. The van der Waals surface area contributed by atoms with Crippen molar-refractivity contribution in [3.8, 4) is 39.9 Å². The Morgan fingerprint density at radius 3 is 2.23 bits per heavy atom. The second-order valence-electron chi connectivity index (χ2n) is 8.16. The SMILES string of the molecule is C1CCNC1.COc1cc2cc3c(c(-c4cc5c(cc4OC=O)OCO5)c2cc1OC)C(=O)OC3. The Hall–Kier alpha value is -3.98. The molecule has 0 radical (unpaired) electrons. The first-order valence-electron chi connectivity index (χ1n) is 11.3. The molecule has 0 saturated carbocycles. The van der Waals surface area contributed by atoms with Gasteiger partial charge in [-0.1, -0.05) is 0 Å². The van der Waals surface area contributed by atoms with Gasteiger partial charge < -0.3 is 33.7 Å². The molecule has 3 aliphatic heterocycles.